The van der Waals surface area contributed by atoms with E-state index < -0.39 is 31.3 Å². The van der Waals surface area contributed by atoms with E-state index in [0.717, 1.165) is 0 Å². The van der Waals surface area contributed by atoms with Crippen LogP contribution in [0.4, 0.5) is 0 Å². The summed E-state index contributed by atoms with van der Waals surface area (Å²) in [6.07, 6.45) is 0. The summed E-state index contributed by atoms with van der Waals surface area (Å²) < 4.78 is 3.08. The first-order valence-corrected chi connectivity index (χ1v) is 18.7. The Hall–Kier alpha value is -3.28. The molecule has 0 atom stereocenters. The van der Waals surface area contributed by atoms with Gasteiger partial charge < -0.3 is 0 Å². The van der Waals surface area contributed by atoms with E-state index in [4.69, 9.17) is 0 Å². The molecule has 0 aromatic heterocycles. The van der Waals surface area contributed by atoms with Crippen molar-refractivity contribution in [1.29, 1.82) is 0 Å². The molecule has 0 aliphatic heterocycles. The first kappa shape index (κ1) is 27.9. The molecule has 3 heteroatoms. The summed E-state index contributed by atoms with van der Waals surface area (Å²) >= 11 is -0.627. The van der Waals surface area contributed by atoms with Crippen molar-refractivity contribution in [2.45, 2.75) is 13.8 Å². The van der Waals surface area contributed by atoms with Crippen molar-refractivity contribution < 1.29 is 0 Å². The van der Waals surface area contributed by atoms with E-state index in [9.17, 15) is 0 Å². The maximum absolute atomic E-state index is 2.47. The van der Waals surface area contributed by atoms with Gasteiger partial charge in [0.05, 0.1) is 0 Å². The molecule has 0 saturated heterocycles. The minimum atomic E-state index is -0.661. The Morgan fingerprint density at radius 2 is 0.659 bits per heavy atom. The molecule has 0 amide bonds. The number of aryl methyl sites for hydroxylation is 2. The molecule has 0 unspecified atom stereocenters. The summed E-state index contributed by atoms with van der Waals surface area (Å²) in [4.78, 5) is 0. The SMILES string of the molecule is Cc1cc[c]([Ge][c]2ccc(C)cc2P(c2ccccc2)c2ccccc2)c(P(c2ccccc2)c2ccccc2)c1. The van der Waals surface area contributed by atoms with Crippen molar-refractivity contribution in [2.24, 2.45) is 0 Å². The predicted molar refractivity (Wildman–Crippen MR) is 185 cm³/mol. The second-order valence-corrected chi connectivity index (χ2v) is 17.3. The third kappa shape index (κ3) is 6.47. The Labute approximate surface area is 253 Å². The zero-order valence-corrected chi connectivity index (χ0v) is 27.3. The van der Waals surface area contributed by atoms with Crippen molar-refractivity contribution in [1.82, 2.24) is 0 Å². The second kappa shape index (κ2) is 13.1. The third-order valence-electron chi connectivity index (χ3n) is 7.12. The van der Waals surface area contributed by atoms with Crippen LogP contribution < -0.4 is 40.6 Å². The quantitative estimate of drug-likeness (QED) is 0.156. The molecule has 6 aromatic rings. The van der Waals surface area contributed by atoms with Gasteiger partial charge in [-0.1, -0.05) is 0 Å². The summed E-state index contributed by atoms with van der Waals surface area (Å²) in [6.45, 7) is 4.47. The Kier molecular flexibility index (Phi) is 8.93. The van der Waals surface area contributed by atoms with Gasteiger partial charge in [-0.3, -0.25) is 0 Å². The number of benzene rings is 6. The zero-order chi connectivity index (χ0) is 28.0. The summed E-state index contributed by atoms with van der Waals surface area (Å²) in [6, 6.07) is 58.9. The molecule has 0 N–H and O–H groups in total. The fourth-order valence-corrected chi connectivity index (χ4v) is 14.2. The molecule has 0 fully saturated rings. The molecule has 0 bridgehead atoms. The van der Waals surface area contributed by atoms with Crippen molar-refractivity contribution >= 4 is 71.9 Å². The van der Waals surface area contributed by atoms with Crippen LogP contribution in [0.25, 0.3) is 0 Å². The molecular formula is C38H32GeP2. The van der Waals surface area contributed by atoms with Gasteiger partial charge in [0.1, 0.15) is 0 Å². The summed E-state index contributed by atoms with van der Waals surface area (Å²) in [7, 11) is -1.32. The van der Waals surface area contributed by atoms with Gasteiger partial charge in [-0.2, -0.15) is 0 Å². The standard InChI is InChI=1S/C38H32GeP2/c1-29-23-25-35(37(27-29)40(31-15-7-3-8-16-31)32-17-9-4-10-18-32)39-36-26-24-30(2)28-38(36)41(33-19-11-5-12-20-33)34-21-13-6-14-22-34/h3-28H,1-2H3. The van der Waals surface area contributed by atoms with Crippen molar-refractivity contribution in [3.8, 4) is 0 Å². The Bertz CT molecular complexity index is 1510. The Balaban J connectivity index is 1.51. The average Bonchev–Trinajstić information content (AvgIpc) is 3.02. The van der Waals surface area contributed by atoms with Crippen LogP contribution >= 0.6 is 15.8 Å². The van der Waals surface area contributed by atoms with Gasteiger partial charge in [-0.15, -0.1) is 0 Å². The fraction of sp³-hybridized carbons (Fsp3) is 0.0526. The molecule has 2 radical (unpaired) electrons. The van der Waals surface area contributed by atoms with E-state index in [1.54, 1.807) is 0 Å². The van der Waals surface area contributed by atoms with Gasteiger partial charge in [-0.25, -0.2) is 0 Å². The molecule has 0 nitrogen and oxygen atoms in total. The van der Waals surface area contributed by atoms with Crippen LogP contribution in [-0.4, -0.2) is 15.4 Å². The molecule has 0 spiro atoms. The maximum atomic E-state index is 2.47. The van der Waals surface area contributed by atoms with Crippen molar-refractivity contribution in [3.05, 3.63) is 169 Å². The molecule has 0 aliphatic rings. The zero-order valence-electron chi connectivity index (χ0n) is 23.4. The third-order valence-corrected chi connectivity index (χ3v) is 15.9. The molecule has 6 rings (SSSR count). The molecule has 41 heavy (non-hydrogen) atoms. The van der Waals surface area contributed by atoms with E-state index in [1.165, 1.54) is 51.7 Å². The van der Waals surface area contributed by atoms with Crippen LogP contribution in [0.2, 0.25) is 0 Å². The topological polar surface area (TPSA) is 0 Å². The van der Waals surface area contributed by atoms with E-state index in [1.807, 2.05) is 0 Å². The van der Waals surface area contributed by atoms with Gasteiger partial charge in [0, 0.05) is 0 Å². The van der Waals surface area contributed by atoms with Gasteiger partial charge >= 0.3 is 255 Å². The summed E-state index contributed by atoms with van der Waals surface area (Å²) in [5.41, 5.74) is 2.66. The fourth-order valence-electron chi connectivity index (χ4n) is 5.17. The predicted octanol–water partition coefficient (Wildman–Crippen LogP) is 5.47. The first-order valence-electron chi connectivity index (χ1n) is 14.0. The van der Waals surface area contributed by atoms with Crippen molar-refractivity contribution in [3.63, 3.8) is 0 Å². The average molecular weight is 623 g/mol. The molecule has 6 aromatic carbocycles. The molecule has 198 valence electrons. The van der Waals surface area contributed by atoms with E-state index >= 15 is 0 Å². The first-order chi connectivity index (χ1) is 20.2. The summed E-state index contributed by atoms with van der Waals surface area (Å²) in [5.74, 6) is 0. The van der Waals surface area contributed by atoms with E-state index in [2.05, 4.69) is 172 Å². The second-order valence-electron chi connectivity index (χ2n) is 10.2. The van der Waals surface area contributed by atoms with Crippen LogP contribution in [0.15, 0.2) is 158 Å². The minimum absolute atomic E-state index is 0.627. The number of hydrogen-bond donors (Lipinski definition) is 0. The van der Waals surface area contributed by atoms with Crippen molar-refractivity contribution in [2.75, 3.05) is 0 Å². The van der Waals surface area contributed by atoms with Crippen LogP contribution in [0.5, 0.6) is 0 Å². The van der Waals surface area contributed by atoms with Gasteiger partial charge in [0.2, 0.25) is 0 Å². The van der Waals surface area contributed by atoms with Gasteiger partial charge in [0.25, 0.3) is 0 Å². The monoisotopic (exact) mass is 624 g/mol. The molecular weight excluding hydrogens is 591 g/mol. The normalized spacial score (nSPS) is 11.2. The van der Waals surface area contributed by atoms with E-state index in [-0.39, 0.29) is 0 Å². The van der Waals surface area contributed by atoms with Crippen LogP contribution in [-0.2, 0) is 0 Å². The molecule has 0 heterocycles. The van der Waals surface area contributed by atoms with Crippen LogP contribution in [0.3, 0.4) is 0 Å². The van der Waals surface area contributed by atoms with Gasteiger partial charge in [0.15, 0.2) is 0 Å². The van der Waals surface area contributed by atoms with E-state index in [0.29, 0.717) is 0 Å². The molecule has 0 saturated carbocycles. The number of hydrogen-bond acceptors (Lipinski definition) is 0. The molecule has 0 aliphatic carbocycles. The van der Waals surface area contributed by atoms with Gasteiger partial charge in [-0.05, 0) is 0 Å². The Morgan fingerprint density at radius 3 is 0.951 bits per heavy atom. The van der Waals surface area contributed by atoms with Crippen LogP contribution in [0, 0.1) is 13.8 Å². The van der Waals surface area contributed by atoms with Crippen LogP contribution in [0.1, 0.15) is 11.1 Å². The summed E-state index contributed by atoms with van der Waals surface area (Å²) in [5, 5.41) is 8.65. The Morgan fingerprint density at radius 1 is 0.366 bits per heavy atom. The number of rotatable bonds is 8.